The third-order valence-corrected chi connectivity index (χ3v) is 4.67. The number of hydrogen-bond donors (Lipinski definition) is 1. The van der Waals surface area contributed by atoms with Gasteiger partial charge in [0.2, 0.25) is 11.0 Å². The quantitative estimate of drug-likeness (QED) is 0.927. The van der Waals surface area contributed by atoms with Gasteiger partial charge in [-0.15, -0.1) is 0 Å². The van der Waals surface area contributed by atoms with Gasteiger partial charge in [0.15, 0.2) is 0 Å². The molecule has 0 unspecified atom stereocenters. The average molecular weight is 294 g/mol. The van der Waals surface area contributed by atoms with Gasteiger partial charge in [0.1, 0.15) is 5.82 Å². The minimum absolute atomic E-state index is 0.101. The van der Waals surface area contributed by atoms with E-state index in [0.29, 0.717) is 12.0 Å². The van der Waals surface area contributed by atoms with Gasteiger partial charge in [-0.05, 0) is 25.7 Å². The Hall–Kier alpha value is -1.17. The topological polar surface area (TPSA) is 58.1 Å². The Morgan fingerprint density at radius 2 is 2.00 bits per heavy atom. The third-order valence-electron chi connectivity index (χ3n) is 4.01. The number of carbonyl (C=O) groups excluding carboxylic acids is 1. The van der Waals surface area contributed by atoms with E-state index in [0.717, 1.165) is 36.9 Å². The largest absolute Gasteiger partial charge is 0.357 e. The lowest BCUT2D eigenvalue weighted by molar-refractivity contribution is -0.135. The van der Waals surface area contributed by atoms with Gasteiger partial charge in [-0.25, -0.2) is 4.98 Å². The maximum Gasteiger partial charge on any atom is 0.225 e. The van der Waals surface area contributed by atoms with E-state index in [2.05, 4.69) is 14.7 Å². The molecular formula is C14H22N4OS. The van der Waals surface area contributed by atoms with Gasteiger partial charge in [-0.3, -0.25) is 4.79 Å². The molecule has 1 amide bonds. The Morgan fingerprint density at radius 3 is 2.60 bits per heavy atom. The highest BCUT2D eigenvalue weighted by molar-refractivity contribution is 7.09. The van der Waals surface area contributed by atoms with Crippen molar-refractivity contribution in [2.75, 3.05) is 18.4 Å². The zero-order valence-corrected chi connectivity index (χ0v) is 12.9. The van der Waals surface area contributed by atoms with Crippen LogP contribution < -0.4 is 5.32 Å². The van der Waals surface area contributed by atoms with Gasteiger partial charge in [0.05, 0.1) is 0 Å². The molecule has 5 nitrogen and oxygen atoms in total. The maximum atomic E-state index is 11.9. The Bertz CT molecular complexity index is 475. The molecule has 1 N–H and O–H groups in total. The summed E-state index contributed by atoms with van der Waals surface area (Å²) < 4.78 is 4.41. The molecule has 1 aromatic rings. The summed E-state index contributed by atoms with van der Waals surface area (Å²) in [6, 6.07) is 0.422. The highest BCUT2D eigenvalue weighted by Gasteiger charge is 2.29. The van der Waals surface area contributed by atoms with Crippen molar-refractivity contribution in [1.29, 1.82) is 0 Å². The predicted molar refractivity (Wildman–Crippen MR) is 79.9 cm³/mol. The SMILES string of the molecule is CC(C)C(=O)N1CCC(Nc2nc(C3CC3)ns2)CC1. The van der Waals surface area contributed by atoms with E-state index in [1.807, 2.05) is 18.7 Å². The summed E-state index contributed by atoms with van der Waals surface area (Å²) in [5, 5.41) is 4.42. The zero-order valence-electron chi connectivity index (χ0n) is 12.1. The number of rotatable bonds is 4. The Labute approximate surface area is 123 Å². The second kappa shape index (κ2) is 5.68. The van der Waals surface area contributed by atoms with Crippen molar-refractivity contribution >= 4 is 22.6 Å². The number of likely N-dealkylation sites (tertiary alicyclic amines) is 1. The van der Waals surface area contributed by atoms with Gasteiger partial charge in [-0.2, -0.15) is 4.37 Å². The van der Waals surface area contributed by atoms with Gasteiger partial charge >= 0.3 is 0 Å². The fraction of sp³-hybridized carbons (Fsp3) is 0.786. The van der Waals surface area contributed by atoms with Gasteiger partial charge < -0.3 is 10.2 Å². The average Bonchev–Trinajstić information content (AvgIpc) is 3.20. The monoisotopic (exact) mass is 294 g/mol. The van der Waals surface area contributed by atoms with Crippen LogP contribution in [-0.4, -0.2) is 39.3 Å². The maximum absolute atomic E-state index is 11.9. The number of carbonyl (C=O) groups is 1. The summed E-state index contributed by atoms with van der Waals surface area (Å²) in [7, 11) is 0. The molecule has 20 heavy (non-hydrogen) atoms. The fourth-order valence-corrected chi connectivity index (χ4v) is 3.31. The van der Waals surface area contributed by atoms with Crippen molar-refractivity contribution in [1.82, 2.24) is 14.3 Å². The summed E-state index contributed by atoms with van der Waals surface area (Å²) in [6.45, 7) is 5.63. The van der Waals surface area contributed by atoms with E-state index >= 15 is 0 Å². The molecule has 2 heterocycles. The van der Waals surface area contributed by atoms with Crippen LogP contribution >= 0.6 is 11.5 Å². The van der Waals surface area contributed by atoms with Crippen LogP contribution in [0.15, 0.2) is 0 Å². The number of aromatic nitrogens is 2. The van der Waals surface area contributed by atoms with E-state index in [4.69, 9.17) is 0 Å². The van der Waals surface area contributed by atoms with E-state index < -0.39 is 0 Å². The van der Waals surface area contributed by atoms with E-state index in [-0.39, 0.29) is 11.8 Å². The fourth-order valence-electron chi connectivity index (χ4n) is 2.58. The molecular weight excluding hydrogens is 272 g/mol. The smallest absolute Gasteiger partial charge is 0.225 e. The normalized spacial score (nSPS) is 20.4. The molecule has 2 aliphatic rings. The molecule has 1 saturated carbocycles. The lowest BCUT2D eigenvalue weighted by Gasteiger charge is -2.33. The molecule has 1 saturated heterocycles. The van der Waals surface area contributed by atoms with Gasteiger partial charge in [-0.1, -0.05) is 13.8 Å². The first-order valence-corrected chi connectivity index (χ1v) is 8.29. The summed E-state index contributed by atoms with van der Waals surface area (Å²) in [6.07, 6.45) is 4.48. The molecule has 0 aromatic carbocycles. The van der Waals surface area contributed by atoms with Gasteiger partial charge in [0.25, 0.3) is 0 Å². The highest BCUT2D eigenvalue weighted by atomic mass is 32.1. The van der Waals surface area contributed by atoms with Crippen LogP contribution in [0.5, 0.6) is 0 Å². The first-order valence-electron chi connectivity index (χ1n) is 7.52. The summed E-state index contributed by atoms with van der Waals surface area (Å²) in [5.74, 6) is 2.01. The molecule has 6 heteroatoms. The van der Waals surface area contributed by atoms with Crippen LogP contribution in [0, 0.1) is 5.92 Å². The number of hydrogen-bond acceptors (Lipinski definition) is 5. The second-order valence-corrected chi connectivity index (χ2v) is 6.88. The van der Waals surface area contributed by atoms with Crippen molar-refractivity contribution < 1.29 is 4.79 Å². The third kappa shape index (κ3) is 3.11. The van der Waals surface area contributed by atoms with Crippen LogP contribution in [-0.2, 0) is 4.79 Å². The second-order valence-electron chi connectivity index (χ2n) is 6.13. The van der Waals surface area contributed by atoms with Crippen LogP contribution in [0.2, 0.25) is 0 Å². The molecule has 0 spiro atoms. The first kappa shape index (κ1) is 13.8. The molecule has 2 fully saturated rings. The van der Waals surface area contributed by atoms with Gasteiger partial charge in [0, 0.05) is 42.5 Å². The number of nitrogens with zero attached hydrogens (tertiary/aromatic N) is 3. The van der Waals surface area contributed by atoms with Crippen molar-refractivity contribution in [2.24, 2.45) is 5.92 Å². The lowest BCUT2D eigenvalue weighted by Crippen LogP contribution is -2.43. The molecule has 1 aromatic heterocycles. The predicted octanol–water partition coefficient (Wildman–Crippen LogP) is 2.47. The van der Waals surface area contributed by atoms with Crippen LogP contribution in [0.25, 0.3) is 0 Å². The molecule has 0 radical (unpaired) electrons. The van der Waals surface area contributed by atoms with Crippen LogP contribution in [0.4, 0.5) is 5.13 Å². The standard InChI is InChI=1S/C14H22N4OS/c1-9(2)13(19)18-7-5-11(6-8-18)15-14-16-12(17-20-14)10-3-4-10/h9-11H,3-8H2,1-2H3,(H,15,16,17). The van der Waals surface area contributed by atoms with E-state index in [1.165, 1.54) is 24.4 Å². The molecule has 110 valence electrons. The number of amides is 1. The van der Waals surface area contributed by atoms with Crippen LogP contribution in [0.3, 0.4) is 0 Å². The minimum atomic E-state index is 0.101. The summed E-state index contributed by atoms with van der Waals surface area (Å²) >= 11 is 1.47. The molecule has 0 bridgehead atoms. The van der Waals surface area contributed by atoms with Crippen LogP contribution in [0.1, 0.15) is 51.3 Å². The number of anilines is 1. The Balaban J connectivity index is 1.49. The Kier molecular flexibility index (Phi) is 3.92. The lowest BCUT2D eigenvalue weighted by atomic mass is 10.0. The summed E-state index contributed by atoms with van der Waals surface area (Å²) in [5.41, 5.74) is 0. The molecule has 3 rings (SSSR count). The number of piperidine rings is 1. The molecule has 1 aliphatic heterocycles. The van der Waals surface area contributed by atoms with E-state index in [1.54, 1.807) is 0 Å². The first-order chi connectivity index (χ1) is 9.63. The molecule has 1 aliphatic carbocycles. The number of nitrogens with one attached hydrogen (secondary N) is 1. The van der Waals surface area contributed by atoms with Crippen molar-refractivity contribution in [2.45, 2.75) is 51.5 Å². The van der Waals surface area contributed by atoms with Crippen molar-refractivity contribution in [3.8, 4) is 0 Å². The minimum Gasteiger partial charge on any atom is -0.357 e. The van der Waals surface area contributed by atoms with Crippen molar-refractivity contribution in [3.63, 3.8) is 0 Å². The summed E-state index contributed by atoms with van der Waals surface area (Å²) in [4.78, 5) is 18.5. The zero-order chi connectivity index (χ0) is 14.1. The van der Waals surface area contributed by atoms with Crippen molar-refractivity contribution in [3.05, 3.63) is 5.82 Å². The highest BCUT2D eigenvalue weighted by Crippen LogP contribution is 2.39. The van der Waals surface area contributed by atoms with E-state index in [9.17, 15) is 4.79 Å². The molecule has 0 atom stereocenters. The Morgan fingerprint density at radius 1 is 1.30 bits per heavy atom.